The van der Waals surface area contributed by atoms with Crippen molar-refractivity contribution in [3.63, 3.8) is 0 Å². The van der Waals surface area contributed by atoms with Crippen molar-refractivity contribution in [3.8, 4) is 0 Å². The van der Waals surface area contributed by atoms with E-state index in [1.54, 1.807) is 0 Å². The first-order valence-electron chi connectivity index (χ1n) is 16.0. The van der Waals surface area contributed by atoms with Gasteiger partial charge in [-0.25, -0.2) is 26.4 Å². The summed E-state index contributed by atoms with van der Waals surface area (Å²) in [6.45, 7) is -3.19. The van der Waals surface area contributed by atoms with Crippen LogP contribution in [0, 0.1) is 17.5 Å². The summed E-state index contributed by atoms with van der Waals surface area (Å²) < 4.78 is 161. The third-order valence-electron chi connectivity index (χ3n) is 9.79. The first-order valence-corrected chi connectivity index (χ1v) is 17.5. The molecular formula is C34H31F9N4O6S. The minimum Gasteiger partial charge on any atom is -0.357 e. The van der Waals surface area contributed by atoms with Crippen molar-refractivity contribution in [2.45, 2.75) is 52.6 Å². The number of alkyl halides is 6. The molecule has 3 aromatic rings. The molecule has 2 fully saturated rings. The van der Waals surface area contributed by atoms with Crippen molar-refractivity contribution in [3.05, 3.63) is 101 Å². The van der Waals surface area contributed by atoms with E-state index in [1.807, 2.05) is 0 Å². The van der Waals surface area contributed by atoms with Crippen LogP contribution in [-0.2, 0) is 41.1 Å². The maximum atomic E-state index is 14.6. The first kappa shape index (κ1) is 40.3. The predicted octanol–water partition coefficient (Wildman–Crippen LogP) is 5.07. The molecule has 0 spiro atoms. The molecule has 292 valence electrons. The molecule has 20 heteroatoms. The highest BCUT2D eigenvalue weighted by Gasteiger charge is 2.73. The lowest BCUT2D eigenvalue weighted by Crippen LogP contribution is -2.58. The Morgan fingerprint density at radius 1 is 0.833 bits per heavy atom. The topological polar surface area (TPSA) is 125 Å². The van der Waals surface area contributed by atoms with E-state index in [9.17, 15) is 62.3 Å². The van der Waals surface area contributed by atoms with Crippen molar-refractivity contribution < 1.29 is 67.1 Å². The number of carbonyl (C=O) groups excluding carboxylic acids is 3. The van der Waals surface area contributed by atoms with Gasteiger partial charge in [-0.15, -0.1) is 0 Å². The maximum Gasteiger partial charge on any atom is 0.430 e. The fourth-order valence-electron chi connectivity index (χ4n) is 6.88. The van der Waals surface area contributed by atoms with E-state index in [4.69, 9.17) is 0 Å². The fraction of sp³-hybridized carbons (Fsp3) is 0.382. The van der Waals surface area contributed by atoms with Gasteiger partial charge in [0, 0.05) is 37.8 Å². The molecule has 4 amide bonds. The monoisotopic (exact) mass is 794 g/mol. The molecule has 3 aromatic carbocycles. The number of ether oxygens (including phenoxy) is 1. The van der Waals surface area contributed by atoms with Crippen LogP contribution in [0.4, 0.5) is 44.3 Å². The lowest BCUT2D eigenvalue weighted by atomic mass is 9.88. The summed E-state index contributed by atoms with van der Waals surface area (Å²) in [6.07, 6.45) is -12.7. The number of benzene rings is 3. The fourth-order valence-corrected chi connectivity index (χ4v) is 8.96. The molecular weight excluding hydrogens is 763 g/mol. The van der Waals surface area contributed by atoms with Crippen molar-refractivity contribution in [2.75, 3.05) is 33.2 Å². The van der Waals surface area contributed by atoms with E-state index < -0.39 is 103 Å². The van der Waals surface area contributed by atoms with E-state index in [1.165, 1.54) is 11.9 Å². The molecule has 2 aliphatic rings. The van der Waals surface area contributed by atoms with Crippen molar-refractivity contribution in [2.24, 2.45) is 0 Å². The average Bonchev–Trinajstić information content (AvgIpc) is 3.76. The van der Waals surface area contributed by atoms with Crippen molar-refractivity contribution in [1.29, 1.82) is 0 Å². The van der Waals surface area contributed by atoms with Crippen molar-refractivity contribution in [1.82, 2.24) is 20.4 Å². The van der Waals surface area contributed by atoms with Crippen LogP contribution in [0.2, 0.25) is 0 Å². The van der Waals surface area contributed by atoms with Gasteiger partial charge in [-0.1, -0.05) is 30.3 Å². The number of hydrogen-bond acceptors (Lipinski definition) is 6. The molecule has 5 rings (SSSR count). The van der Waals surface area contributed by atoms with E-state index >= 15 is 0 Å². The number of hydrogen-bond donors (Lipinski definition) is 2. The van der Waals surface area contributed by atoms with Crippen LogP contribution in [0.15, 0.2) is 71.6 Å². The van der Waals surface area contributed by atoms with Crippen molar-refractivity contribution >= 4 is 28.2 Å². The smallest absolute Gasteiger partial charge is 0.357 e. The Morgan fingerprint density at radius 3 is 1.93 bits per heavy atom. The SMILES string of the molecule is CNC(=O)C1(NC=O)CCN(C(=O)N2CC[C@](c3ccc(C(OCc4c(F)cccc4F)(C(F)(F)F)C(F)(F)F)cc3)(S(=O)(=O)c3ccc(F)cc3)C2)C1. The maximum absolute atomic E-state index is 14.6. The largest absolute Gasteiger partial charge is 0.430 e. The third kappa shape index (κ3) is 6.73. The molecule has 2 N–H and O–H groups in total. The number of halogens is 9. The van der Waals surface area contributed by atoms with Crippen LogP contribution in [-0.4, -0.2) is 87.7 Å². The Morgan fingerprint density at radius 2 is 1.39 bits per heavy atom. The lowest BCUT2D eigenvalue weighted by Gasteiger charge is -2.38. The van der Waals surface area contributed by atoms with E-state index in [0.29, 0.717) is 36.4 Å². The molecule has 1 unspecified atom stereocenters. The summed E-state index contributed by atoms with van der Waals surface area (Å²) >= 11 is 0. The molecule has 54 heavy (non-hydrogen) atoms. The number of nitrogens with one attached hydrogen (secondary N) is 2. The second kappa shape index (κ2) is 14.4. The summed E-state index contributed by atoms with van der Waals surface area (Å²) in [5.74, 6) is -4.37. The van der Waals surface area contributed by atoms with Gasteiger partial charge in [0.25, 0.3) is 5.60 Å². The second-order valence-electron chi connectivity index (χ2n) is 12.7. The van der Waals surface area contributed by atoms with Gasteiger partial charge in [0.05, 0.1) is 18.0 Å². The standard InChI is InChI=1S/C34H31F9N4O6S/c1-44-28(49)30(45-20-48)13-15-46(18-30)29(50)47-16-14-31(19-47,54(51,52)24-11-9-23(35)10-12-24)21-5-7-22(8-6-21)32(33(38,39)40,34(41,42)43)53-17-25-26(36)3-2-4-27(25)37/h2-12,20H,13-19H2,1H3,(H,44,49)(H,45,48)/t30?,31-/m0/s1. The number of rotatable bonds is 10. The normalized spacial score (nSPS) is 20.9. The van der Waals surface area contributed by atoms with Gasteiger partial charge in [0.1, 0.15) is 27.7 Å². The zero-order chi connectivity index (χ0) is 39.9. The second-order valence-corrected chi connectivity index (χ2v) is 15.0. The molecule has 0 aromatic heterocycles. The van der Waals surface area contributed by atoms with Gasteiger partial charge in [0.15, 0.2) is 9.84 Å². The summed E-state index contributed by atoms with van der Waals surface area (Å²) in [4.78, 5) is 39.4. The van der Waals surface area contributed by atoms with Gasteiger partial charge in [-0.2, -0.15) is 26.3 Å². The third-order valence-corrected chi connectivity index (χ3v) is 12.3. The quantitative estimate of drug-likeness (QED) is 0.168. The highest BCUT2D eigenvalue weighted by molar-refractivity contribution is 7.92. The summed E-state index contributed by atoms with van der Waals surface area (Å²) in [6, 6.07) is 6.74. The summed E-state index contributed by atoms with van der Waals surface area (Å²) in [5, 5.41) is 4.79. The van der Waals surface area contributed by atoms with E-state index in [0.717, 1.165) is 35.2 Å². The van der Waals surface area contributed by atoms with Crippen LogP contribution < -0.4 is 10.6 Å². The minimum atomic E-state index is -6.28. The van der Waals surface area contributed by atoms with Crippen LogP contribution >= 0.6 is 0 Å². The molecule has 2 atom stereocenters. The first-order chi connectivity index (χ1) is 25.2. The van der Waals surface area contributed by atoms with Crippen LogP contribution in [0.5, 0.6) is 0 Å². The zero-order valence-electron chi connectivity index (χ0n) is 28.0. The number of likely N-dealkylation sites (N-methyl/N-ethyl adjacent to an activating group) is 1. The number of amides is 4. The highest BCUT2D eigenvalue weighted by atomic mass is 32.2. The van der Waals surface area contributed by atoms with Gasteiger partial charge >= 0.3 is 18.4 Å². The highest BCUT2D eigenvalue weighted by Crippen LogP contribution is 2.54. The Hall–Kier alpha value is -4.85. The molecule has 10 nitrogen and oxygen atoms in total. The van der Waals surface area contributed by atoms with Crippen LogP contribution in [0.25, 0.3) is 0 Å². The van der Waals surface area contributed by atoms with E-state index in [2.05, 4.69) is 15.4 Å². The zero-order valence-corrected chi connectivity index (χ0v) is 28.8. The number of urea groups is 1. The Balaban J connectivity index is 1.57. The Kier molecular flexibility index (Phi) is 10.8. The predicted molar refractivity (Wildman–Crippen MR) is 170 cm³/mol. The number of sulfone groups is 1. The molecule has 0 bridgehead atoms. The van der Waals surface area contributed by atoms with Crippen LogP contribution in [0.1, 0.15) is 29.5 Å². The lowest BCUT2D eigenvalue weighted by molar-refractivity contribution is -0.392. The Bertz CT molecular complexity index is 1980. The number of likely N-dealkylation sites (tertiary alicyclic amines) is 2. The summed E-state index contributed by atoms with van der Waals surface area (Å²) in [7, 11) is -3.42. The minimum absolute atomic E-state index is 0.0166. The molecule has 2 saturated heterocycles. The molecule has 0 saturated carbocycles. The molecule has 2 aliphatic heterocycles. The molecule has 0 radical (unpaired) electrons. The number of nitrogens with zero attached hydrogens (tertiary/aromatic N) is 2. The average molecular weight is 795 g/mol. The van der Waals surface area contributed by atoms with E-state index in [-0.39, 0.29) is 38.0 Å². The molecule has 0 aliphatic carbocycles. The Labute approximate surface area is 302 Å². The van der Waals surface area contributed by atoms with Gasteiger partial charge < -0.3 is 25.2 Å². The van der Waals surface area contributed by atoms with Crippen LogP contribution in [0.3, 0.4) is 0 Å². The summed E-state index contributed by atoms with van der Waals surface area (Å²) in [5.41, 5.74) is -9.83. The van der Waals surface area contributed by atoms with Gasteiger partial charge in [0.2, 0.25) is 12.3 Å². The number of carbonyl (C=O) groups is 3. The van der Waals surface area contributed by atoms with Gasteiger partial charge in [-0.05, 0) is 54.8 Å². The molecule has 2 heterocycles. The van der Waals surface area contributed by atoms with Gasteiger partial charge in [-0.3, -0.25) is 9.59 Å².